The summed E-state index contributed by atoms with van der Waals surface area (Å²) < 4.78 is 0. The van der Waals surface area contributed by atoms with E-state index in [0.717, 1.165) is 62.3 Å². The highest BCUT2D eigenvalue weighted by Crippen LogP contribution is 2.34. The Morgan fingerprint density at radius 3 is 2.14 bits per heavy atom. The van der Waals surface area contributed by atoms with Crippen LogP contribution in [-0.4, -0.2) is 78.5 Å². The van der Waals surface area contributed by atoms with Gasteiger partial charge >= 0.3 is 6.03 Å². The average Bonchev–Trinajstić information content (AvgIpc) is 3.69. The van der Waals surface area contributed by atoms with E-state index < -0.39 is 6.04 Å². The number of rotatable bonds is 9. The molecule has 1 unspecified atom stereocenters. The topological polar surface area (TPSA) is 55.9 Å². The predicted octanol–water partition coefficient (Wildman–Crippen LogP) is 7.04. The van der Waals surface area contributed by atoms with Crippen LogP contribution in [0.3, 0.4) is 0 Å². The van der Waals surface area contributed by atoms with Crippen molar-refractivity contribution in [3.63, 3.8) is 0 Å². The molecule has 0 saturated carbocycles. The number of hydrogen-bond acceptors (Lipinski definition) is 3. The minimum atomic E-state index is -0.689. The summed E-state index contributed by atoms with van der Waals surface area (Å²) in [6.07, 6.45) is 7.70. The molecule has 0 radical (unpaired) electrons. The number of urea groups is 1. The van der Waals surface area contributed by atoms with Crippen LogP contribution in [0.5, 0.6) is 0 Å². The van der Waals surface area contributed by atoms with Crippen molar-refractivity contribution in [3.05, 3.63) is 68.2 Å². The Morgan fingerprint density at radius 1 is 0.810 bits per heavy atom. The van der Waals surface area contributed by atoms with Crippen molar-refractivity contribution < 1.29 is 9.59 Å². The number of likely N-dealkylation sites (tertiary alicyclic amines) is 3. The van der Waals surface area contributed by atoms with Crippen LogP contribution in [-0.2, 0) is 17.6 Å². The number of nitrogens with zero attached hydrogens (tertiary/aromatic N) is 3. The fraction of sp³-hybridized carbons (Fsp3) is 0.576. The van der Waals surface area contributed by atoms with Crippen molar-refractivity contribution in [2.45, 2.75) is 70.3 Å². The van der Waals surface area contributed by atoms with Gasteiger partial charge < -0.3 is 20.0 Å². The summed E-state index contributed by atoms with van der Waals surface area (Å²) in [4.78, 5) is 33.2. The SMILES string of the molecule is CC(Cc1cc(Cl)ccc1C1CCN(C(=O)[C@@H](Cc2ccc(Cl)cc2Cl)NC(=O)N2CCCC2)CC1)CN1CCCC1. The van der Waals surface area contributed by atoms with E-state index in [4.69, 9.17) is 34.8 Å². The van der Waals surface area contributed by atoms with Gasteiger partial charge in [0.15, 0.2) is 0 Å². The van der Waals surface area contributed by atoms with E-state index in [9.17, 15) is 9.59 Å². The van der Waals surface area contributed by atoms with Crippen LogP contribution in [0.4, 0.5) is 4.79 Å². The molecule has 3 aliphatic heterocycles. The molecule has 3 heterocycles. The molecule has 9 heteroatoms. The summed E-state index contributed by atoms with van der Waals surface area (Å²) >= 11 is 19.1. The Kier molecular flexibility index (Phi) is 11.0. The standard InChI is InChI=1S/C33H43Cl3N4O2/c1-23(22-38-12-2-3-13-38)18-26-19-27(34)8-9-29(26)24-10-16-39(17-11-24)32(41)31(37-33(42)40-14-4-5-15-40)20-25-6-7-28(35)21-30(25)36/h6-9,19,21,23-24,31H,2-5,10-18,20,22H2,1H3,(H,37,42)/t23?,31-/m1/s1. The van der Waals surface area contributed by atoms with E-state index in [1.54, 1.807) is 17.0 Å². The molecule has 6 nitrogen and oxygen atoms in total. The number of carbonyl (C=O) groups is 2. The van der Waals surface area contributed by atoms with Crippen LogP contribution in [0.2, 0.25) is 15.1 Å². The van der Waals surface area contributed by atoms with Gasteiger partial charge in [-0.1, -0.05) is 53.9 Å². The van der Waals surface area contributed by atoms with Crippen LogP contribution < -0.4 is 5.32 Å². The highest BCUT2D eigenvalue weighted by Gasteiger charge is 2.32. The normalized spacial score (nSPS) is 19.7. The number of nitrogens with one attached hydrogen (secondary N) is 1. The van der Waals surface area contributed by atoms with Gasteiger partial charge in [0.25, 0.3) is 0 Å². The van der Waals surface area contributed by atoms with Gasteiger partial charge in [-0.05, 0) is 111 Å². The molecule has 3 fully saturated rings. The molecule has 0 aliphatic carbocycles. The molecule has 0 aromatic heterocycles. The lowest BCUT2D eigenvalue weighted by molar-refractivity contribution is -0.134. The van der Waals surface area contributed by atoms with Crippen molar-refractivity contribution in [1.82, 2.24) is 20.0 Å². The van der Waals surface area contributed by atoms with Crippen molar-refractivity contribution in [2.75, 3.05) is 45.8 Å². The molecule has 3 saturated heterocycles. The second-order valence-electron chi connectivity index (χ2n) is 12.4. The number of piperidine rings is 1. The lowest BCUT2D eigenvalue weighted by atomic mass is 9.84. The Hall–Kier alpha value is -1.99. The number of benzene rings is 2. The Balaban J connectivity index is 1.25. The van der Waals surface area contributed by atoms with E-state index in [-0.39, 0.29) is 11.9 Å². The number of halogens is 3. The number of carbonyl (C=O) groups excluding carboxylic acids is 2. The fourth-order valence-electron chi connectivity index (χ4n) is 6.89. The molecule has 1 N–H and O–H groups in total. The predicted molar refractivity (Wildman–Crippen MR) is 172 cm³/mol. The highest BCUT2D eigenvalue weighted by atomic mass is 35.5. The molecular formula is C33H43Cl3N4O2. The van der Waals surface area contributed by atoms with Crippen molar-refractivity contribution in [2.24, 2.45) is 5.92 Å². The van der Waals surface area contributed by atoms with Crippen LogP contribution in [0.15, 0.2) is 36.4 Å². The van der Waals surface area contributed by atoms with Crippen molar-refractivity contribution in [3.8, 4) is 0 Å². The molecule has 3 aliphatic rings. The minimum absolute atomic E-state index is 0.0532. The van der Waals surface area contributed by atoms with E-state index in [0.29, 0.717) is 41.4 Å². The third-order valence-corrected chi connectivity index (χ3v) is 9.94. The van der Waals surface area contributed by atoms with Crippen molar-refractivity contribution in [1.29, 1.82) is 0 Å². The summed E-state index contributed by atoms with van der Waals surface area (Å²) in [7, 11) is 0. The molecule has 2 atom stereocenters. The van der Waals surface area contributed by atoms with Crippen LogP contribution in [0.25, 0.3) is 0 Å². The first kappa shape index (κ1) is 31.4. The quantitative estimate of drug-likeness (QED) is 0.322. The van der Waals surface area contributed by atoms with Gasteiger partial charge in [0.05, 0.1) is 0 Å². The molecule has 5 rings (SSSR count). The Morgan fingerprint density at radius 2 is 1.45 bits per heavy atom. The summed E-state index contributed by atoms with van der Waals surface area (Å²) in [5.41, 5.74) is 3.50. The maximum atomic E-state index is 13.9. The molecular weight excluding hydrogens is 591 g/mol. The second-order valence-corrected chi connectivity index (χ2v) is 13.7. The minimum Gasteiger partial charge on any atom is -0.341 e. The largest absolute Gasteiger partial charge is 0.341 e. The molecule has 2 aromatic rings. The van der Waals surface area contributed by atoms with Gasteiger partial charge in [0.2, 0.25) is 5.91 Å². The summed E-state index contributed by atoms with van der Waals surface area (Å²) in [5, 5.41) is 4.87. The monoisotopic (exact) mass is 632 g/mol. The van der Waals surface area contributed by atoms with E-state index in [1.807, 2.05) is 17.0 Å². The fourth-order valence-corrected chi connectivity index (χ4v) is 7.57. The molecule has 3 amide bonds. The third-order valence-electron chi connectivity index (χ3n) is 9.12. The zero-order chi connectivity index (χ0) is 29.6. The van der Waals surface area contributed by atoms with Gasteiger partial charge in [-0.25, -0.2) is 4.79 Å². The van der Waals surface area contributed by atoms with Crippen molar-refractivity contribution >= 4 is 46.7 Å². The van der Waals surface area contributed by atoms with Crippen LogP contribution in [0, 0.1) is 5.92 Å². The summed E-state index contributed by atoms with van der Waals surface area (Å²) in [6, 6.07) is 10.8. The second kappa shape index (κ2) is 14.7. The smallest absolute Gasteiger partial charge is 0.318 e. The van der Waals surface area contributed by atoms with Gasteiger partial charge in [-0.3, -0.25) is 4.79 Å². The van der Waals surface area contributed by atoms with Gasteiger partial charge in [-0.15, -0.1) is 0 Å². The molecule has 0 bridgehead atoms. The maximum absolute atomic E-state index is 13.9. The lowest BCUT2D eigenvalue weighted by Crippen LogP contribution is -2.54. The highest BCUT2D eigenvalue weighted by molar-refractivity contribution is 6.35. The average molecular weight is 634 g/mol. The first-order valence-corrected chi connectivity index (χ1v) is 16.7. The summed E-state index contributed by atoms with van der Waals surface area (Å²) in [6.45, 7) is 8.64. The maximum Gasteiger partial charge on any atom is 0.318 e. The third kappa shape index (κ3) is 8.13. The van der Waals surface area contributed by atoms with Gasteiger partial charge in [-0.2, -0.15) is 0 Å². The van der Waals surface area contributed by atoms with Gasteiger partial charge in [0, 0.05) is 54.2 Å². The number of amides is 3. The van der Waals surface area contributed by atoms with Crippen LogP contribution in [0.1, 0.15) is 68.1 Å². The molecule has 228 valence electrons. The zero-order valence-corrected chi connectivity index (χ0v) is 26.9. The van der Waals surface area contributed by atoms with E-state index in [2.05, 4.69) is 29.3 Å². The molecule has 0 spiro atoms. The first-order chi connectivity index (χ1) is 20.3. The first-order valence-electron chi connectivity index (χ1n) is 15.6. The Bertz CT molecular complexity index is 1240. The number of hydrogen-bond donors (Lipinski definition) is 1. The Labute approximate surface area is 265 Å². The molecule has 2 aromatic carbocycles. The summed E-state index contributed by atoms with van der Waals surface area (Å²) in [5.74, 6) is 0.882. The van der Waals surface area contributed by atoms with Gasteiger partial charge in [0.1, 0.15) is 6.04 Å². The molecule has 42 heavy (non-hydrogen) atoms. The van der Waals surface area contributed by atoms with Crippen LogP contribution >= 0.6 is 34.8 Å². The lowest BCUT2D eigenvalue weighted by Gasteiger charge is -2.36. The van der Waals surface area contributed by atoms with E-state index >= 15 is 0 Å². The zero-order valence-electron chi connectivity index (χ0n) is 24.6. The van der Waals surface area contributed by atoms with E-state index in [1.165, 1.54) is 37.1 Å².